The van der Waals surface area contributed by atoms with Crippen LogP contribution in [0.25, 0.3) is 0 Å². The van der Waals surface area contributed by atoms with Crippen molar-refractivity contribution in [2.75, 3.05) is 5.75 Å². The van der Waals surface area contributed by atoms with Crippen LogP contribution in [0.3, 0.4) is 0 Å². The topological polar surface area (TPSA) is 32.3 Å². The van der Waals surface area contributed by atoms with Gasteiger partial charge in [-0.05, 0) is 0 Å². The maximum atomic E-state index is 8.39. The quantitative estimate of drug-likeness (QED) is 0.550. The van der Waals surface area contributed by atoms with E-state index in [1.807, 2.05) is 0 Å². The van der Waals surface area contributed by atoms with E-state index < -0.39 is 0 Å². The number of hydroxylamine groups is 1. The summed E-state index contributed by atoms with van der Waals surface area (Å²) in [5, 5.41) is 9.08. The van der Waals surface area contributed by atoms with Crippen molar-refractivity contribution < 1.29 is 5.21 Å². The van der Waals surface area contributed by atoms with Gasteiger partial charge in [0.1, 0.15) is 4.71 Å². The summed E-state index contributed by atoms with van der Waals surface area (Å²) in [5.41, 5.74) is 2.22. The third kappa shape index (κ3) is 1.55. The van der Waals surface area contributed by atoms with Gasteiger partial charge in [-0.15, -0.1) is 23.5 Å². The van der Waals surface area contributed by atoms with E-state index in [0.29, 0.717) is 5.25 Å². The van der Waals surface area contributed by atoms with E-state index in [2.05, 4.69) is 12.4 Å². The number of rotatable bonds is 1. The van der Waals surface area contributed by atoms with Crippen LogP contribution in [0, 0.1) is 0 Å². The van der Waals surface area contributed by atoms with Crippen molar-refractivity contribution in [3.05, 3.63) is 0 Å². The van der Waals surface area contributed by atoms with Gasteiger partial charge in [0.15, 0.2) is 0 Å². The summed E-state index contributed by atoms with van der Waals surface area (Å²) >= 11 is 3.52. The number of hydrogen-bond acceptors (Lipinski definition) is 4. The van der Waals surface area contributed by atoms with Crippen LogP contribution in [0.1, 0.15) is 6.92 Å². The maximum absolute atomic E-state index is 8.39. The van der Waals surface area contributed by atoms with Crippen molar-refractivity contribution in [1.29, 1.82) is 0 Å². The highest BCUT2D eigenvalue weighted by molar-refractivity contribution is 8.20. The Bertz CT molecular complexity index is 80.4. The average molecular weight is 151 g/mol. The number of nitrogens with one attached hydrogen (secondary N) is 1. The average Bonchev–Trinajstić information content (AvgIpc) is 2.14. The summed E-state index contributed by atoms with van der Waals surface area (Å²) in [6, 6.07) is 0. The molecule has 1 saturated heterocycles. The molecule has 8 heavy (non-hydrogen) atoms. The molecule has 2 N–H and O–H groups in total. The number of hydrogen-bond donors (Lipinski definition) is 2. The van der Waals surface area contributed by atoms with Gasteiger partial charge in [0.2, 0.25) is 0 Å². The fourth-order valence-electron chi connectivity index (χ4n) is 0.580. The first kappa shape index (κ1) is 6.74. The van der Waals surface area contributed by atoms with Gasteiger partial charge < -0.3 is 5.21 Å². The highest BCUT2D eigenvalue weighted by atomic mass is 32.2. The van der Waals surface area contributed by atoms with Gasteiger partial charge in [-0.3, -0.25) is 0 Å². The molecule has 2 nitrogen and oxygen atoms in total. The van der Waals surface area contributed by atoms with E-state index >= 15 is 0 Å². The van der Waals surface area contributed by atoms with Crippen molar-refractivity contribution in [2.24, 2.45) is 0 Å². The Morgan fingerprint density at radius 3 is 2.75 bits per heavy atom. The van der Waals surface area contributed by atoms with Crippen molar-refractivity contribution in [2.45, 2.75) is 16.9 Å². The van der Waals surface area contributed by atoms with Crippen LogP contribution in [0.5, 0.6) is 0 Å². The van der Waals surface area contributed by atoms with Crippen LogP contribution in [0.2, 0.25) is 0 Å². The van der Waals surface area contributed by atoms with Gasteiger partial charge in [-0.25, -0.2) is 0 Å². The largest absolute Gasteiger partial charge is 0.315 e. The molecule has 0 aromatic carbocycles. The molecule has 0 spiro atoms. The minimum atomic E-state index is 0.213. The van der Waals surface area contributed by atoms with Crippen molar-refractivity contribution in [3.8, 4) is 0 Å². The summed E-state index contributed by atoms with van der Waals surface area (Å²) in [5.74, 6) is 1.14. The highest BCUT2D eigenvalue weighted by Gasteiger charge is 2.20. The van der Waals surface area contributed by atoms with E-state index in [9.17, 15) is 0 Å². The predicted molar refractivity (Wildman–Crippen MR) is 38.2 cm³/mol. The summed E-state index contributed by atoms with van der Waals surface area (Å²) < 4.78 is 0.213. The summed E-state index contributed by atoms with van der Waals surface area (Å²) in [4.78, 5) is 0. The Kier molecular flexibility index (Phi) is 2.49. The van der Waals surface area contributed by atoms with E-state index in [0.717, 1.165) is 5.75 Å². The molecular weight excluding hydrogens is 142 g/mol. The van der Waals surface area contributed by atoms with E-state index in [-0.39, 0.29) is 4.71 Å². The van der Waals surface area contributed by atoms with Crippen LogP contribution in [-0.4, -0.2) is 20.9 Å². The smallest absolute Gasteiger partial charge is 0.123 e. The number of thioether (sulfide) groups is 2. The molecule has 0 aromatic heterocycles. The Labute approximate surface area is 57.4 Å². The first-order chi connectivity index (χ1) is 3.83. The molecule has 48 valence electrons. The maximum Gasteiger partial charge on any atom is 0.123 e. The molecule has 1 heterocycles. The molecule has 1 fully saturated rings. The first-order valence-corrected chi connectivity index (χ1v) is 4.49. The molecule has 0 aliphatic carbocycles. The standard InChI is InChI=1S/C4H9NOS2/c1-3-2-7-4(5-6)8-3/h3-6H,2H2,1H3. The lowest BCUT2D eigenvalue weighted by Gasteiger charge is -2.02. The Morgan fingerprint density at radius 1 is 1.75 bits per heavy atom. The van der Waals surface area contributed by atoms with Gasteiger partial charge in [0, 0.05) is 11.0 Å². The molecule has 0 amide bonds. The van der Waals surface area contributed by atoms with Gasteiger partial charge in [0.05, 0.1) is 0 Å². The molecule has 2 atom stereocenters. The van der Waals surface area contributed by atoms with Crippen LogP contribution < -0.4 is 5.48 Å². The van der Waals surface area contributed by atoms with E-state index in [4.69, 9.17) is 5.21 Å². The third-order valence-electron chi connectivity index (χ3n) is 0.944. The fraction of sp³-hybridized carbons (Fsp3) is 1.00. The lowest BCUT2D eigenvalue weighted by atomic mass is 10.6. The summed E-state index contributed by atoms with van der Waals surface area (Å²) in [6.07, 6.45) is 0. The predicted octanol–water partition coefficient (Wildman–Crippen LogP) is 1.12. The summed E-state index contributed by atoms with van der Waals surface area (Å²) in [6.45, 7) is 2.16. The molecule has 0 aromatic rings. The van der Waals surface area contributed by atoms with Crippen molar-refractivity contribution >= 4 is 23.5 Å². The van der Waals surface area contributed by atoms with E-state index in [1.54, 1.807) is 23.5 Å². The van der Waals surface area contributed by atoms with Crippen LogP contribution >= 0.6 is 23.5 Å². The molecule has 0 radical (unpaired) electrons. The Hall–Kier alpha value is 0.620. The lowest BCUT2D eigenvalue weighted by molar-refractivity contribution is 0.180. The first-order valence-electron chi connectivity index (χ1n) is 2.49. The van der Waals surface area contributed by atoms with Crippen LogP contribution in [-0.2, 0) is 0 Å². The second kappa shape index (κ2) is 2.96. The molecule has 2 unspecified atom stereocenters. The zero-order chi connectivity index (χ0) is 5.98. The van der Waals surface area contributed by atoms with Crippen LogP contribution in [0.4, 0.5) is 0 Å². The van der Waals surface area contributed by atoms with Crippen molar-refractivity contribution in [3.63, 3.8) is 0 Å². The normalized spacial score (nSPS) is 38.2. The lowest BCUT2D eigenvalue weighted by Crippen LogP contribution is -2.15. The molecule has 0 bridgehead atoms. The molecule has 1 aliphatic heterocycles. The van der Waals surface area contributed by atoms with Crippen molar-refractivity contribution in [1.82, 2.24) is 5.48 Å². The molecule has 1 aliphatic rings. The second-order valence-corrected chi connectivity index (χ2v) is 4.73. The van der Waals surface area contributed by atoms with Crippen LogP contribution in [0.15, 0.2) is 0 Å². The molecule has 0 saturated carbocycles. The van der Waals surface area contributed by atoms with E-state index in [1.165, 1.54) is 0 Å². The fourth-order valence-corrected chi connectivity index (χ4v) is 3.25. The Balaban J connectivity index is 2.22. The summed E-state index contributed by atoms with van der Waals surface area (Å²) in [7, 11) is 0. The highest BCUT2D eigenvalue weighted by Crippen LogP contribution is 2.34. The van der Waals surface area contributed by atoms with Gasteiger partial charge >= 0.3 is 0 Å². The van der Waals surface area contributed by atoms with Gasteiger partial charge in [-0.1, -0.05) is 6.92 Å². The minimum absolute atomic E-state index is 0.213. The third-order valence-corrected chi connectivity index (χ3v) is 3.98. The molecule has 4 heteroatoms. The SMILES string of the molecule is CC1CSC(NO)S1. The minimum Gasteiger partial charge on any atom is -0.315 e. The second-order valence-electron chi connectivity index (χ2n) is 1.74. The van der Waals surface area contributed by atoms with Gasteiger partial charge in [0.25, 0.3) is 0 Å². The monoisotopic (exact) mass is 151 g/mol. The zero-order valence-corrected chi connectivity index (χ0v) is 6.26. The zero-order valence-electron chi connectivity index (χ0n) is 4.63. The Morgan fingerprint density at radius 2 is 2.50 bits per heavy atom. The molecular formula is C4H9NOS2. The molecule has 1 rings (SSSR count). The van der Waals surface area contributed by atoms with Gasteiger partial charge in [-0.2, -0.15) is 5.48 Å².